The Morgan fingerprint density at radius 3 is 2.53 bits per heavy atom. The fourth-order valence-electron chi connectivity index (χ4n) is 4.14. The number of carbonyl (C=O) groups is 1. The molecule has 5 rings (SSSR count). The number of fused-ring (bicyclic) bond motifs is 2. The Morgan fingerprint density at radius 1 is 1.09 bits per heavy atom. The lowest BCUT2D eigenvalue weighted by atomic mass is 9.98. The molecule has 162 valence electrons. The van der Waals surface area contributed by atoms with E-state index in [4.69, 9.17) is 2.74 Å². The van der Waals surface area contributed by atoms with Crippen molar-refractivity contribution in [2.45, 2.75) is 19.6 Å². The van der Waals surface area contributed by atoms with Crippen LogP contribution in [0.4, 0.5) is 13.2 Å². The molecule has 1 N–H and O–H groups in total. The van der Waals surface area contributed by atoms with Gasteiger partial charge in [0, 0.05) is 40.9 Å². The summed E-state index contributed by atoms with van der Waals surface area (Å²) in [6.45, 7) is -3.09. The number of hydrogen-bond donors (Lipinski definition) is 1. The van der Waals surface area contributed by atoms with Gasteiger partial charge in [-0.05, 0) is 35.4 Å². The number of amides is 1. The van der Waals surface area contributed by atoms with Crippen molar-refractivity contribution >= 4 is 16.8 Å². The minimum atomic E-state index is -2.65. The molecule has 0 unspecified atom stereocenters. The first-order valence-corrected chi connectivity index (χ1v) is 9.78. The monoisotopic (exact) mass is 439 g/mol. The highest BCUT2D eigenvalue weighted by atomic mass is 19.1. The summed E-state index contributed by atoms with van der Waals surface area (Å²) >= 11 is 0. The summed E-state index contributed by atoms with van der Waals surface area (Å²) in [7, 11) is 1.61. The molecule has 32 heavy (non-hydrogen) atoms. The number of aryl methyl sites for hydroxylation is 1. The van der Waals surface area contributed by atoms with Crippen LogP contribution in [0.1, 0.15) is 29.8 Å². The Bertz CT molecular complexity index is 1460. The normalized spacial score (nSPS) is 14.7. The zero-order valence-electron chi connectivity index (χ0n) is 18.9. The SMILES string of the molecule is [2H]C([2H])(O)c1ccc(-c2cc(F)c(CN3Cc4c(F)cccc4C3=O)c(F)c2)c2cn(C)nc12. The average Bonchev–Trinajstić information content (AvgIpc) is 3.29. The Balaban J connectivity index is 1.52. The summed E-state index contributed by atoms with van der Waals surface area (Å²) in [4.78, 5) is 13.8. The molecule has 2 heterocycles. The van der Waals surface area contributed by atoms with E-state index >= 15 is 8.78 Å². The van der Waals surface area contributed by atoms with Gasteiger partial charge in [-0.1, -0.05) is 18.2 Å². The first kappa shape index (κ1) is 18.0. The number of rotatable bonds is 4. The topological polar surface area (TPSA) is 58.4 Å². The molecular weight excluding hydrogens is 419 g/mol. The summed E-state index contributed by atoms with van der Waals surface area (Å²) in [6, 6.07) is 9.17. The Hall–Kier alpha value is -3.65. The molecule has 1 amide bonds. The van der Waals surface area contributed by atoms with Gasteiger partial charge in [0.1, 0.15) is 17.5 Å². The van der Waals surface area contributed by atoms with E-state index in [0.29, 0.717) is 10.9 Å². The van der Waals surface area contributed by atoms with Crippen molar-refractivity contribution in [3.63, 3.8) is 0 Å². The minimum Gasteiger partial charge on any atom is -0.392 e. The quantitative estimate of drug-likeness (QED) is 0.516. The molecule has 4 aromatic rings. The van der Waals surface area contributed by atoms with E-state index in [9.17, 15) is 14.3 Å². The molecule has 1 aromatic heterocycles. The predicted octanol–water partition coefficient (Wildman–Crippen LogP) is 4.31. The molecule has 0 bridgehead atoms. The van der Waals surface area contributed by atoms with Crippen LogP contribution in [0, 0.1) is 17.5 Å². The zero-order valence-corrected chi connectivity index (χ0v) is 16.9. The van der Waals surface area contributed by atoms with Crippen LogP contribution < -0.4 is 0 Å². The first-order valence-electron chi connectivity index (χ1n) is 10.8. The first-order chi connectivity index (χ1) is 16.0. The third-order valence-corrected chi connectivity index (χ3v) is 5.70. The summed E-state index contributed by atoms with van der Waals surface area (Å²) in [5.41, 5.74) is 0.740. The highest BCUT2D eigenvalue weighted by molar-refractivity contribution is 5.98. The maximum atomic E-state index is 15.1. The Kier molecular flexibility index (Phi) is 4.21. The van der Waals surface area contributed by atoms with Crippen molar-refractivity contribution in [1.29, 1.82) is 0 Å². The van der Waals surface area contributed by atoms with Crippen molar-refractivity contribution in [1.82, 2.24) is 14.7 Å². The molecule has 0 saturated heterocycles. The number of aliphatic hydroxyl groups is 1. The Labute approximate surface area is 184 Å². The molecule has 5 nitrogen and oxygen atoms in total. The molecule has 3 aromatic carbocycles. The van der Waals surface area contributed by atoms with Crippen molar-refractivity contribution in [3.8, 4) is 11.1 Å². The van der Waals surface area contributed by atoms with E-state index in [1.165, 1.54) is 39.9 Å². The van der Waals surface area contributed by atoms with Crippen LogP contribution in [0.2, 0.25) is 0 Å². The van der Waals surface area contributed by atoms with Gasteiger partial charge >= 0.3 is 0 Å². The average molecular weight is 439 g/mol. The third kappa shape index (κ3) is 3.15. The van der Waals surface area contributed by atoms with Crippen molar-refractivity contribution in [3.05, 3.63) is 88.4 Å². The number of aromatic nitrogens is 2. The smallest absolute Gasteiger partial charge is 0.254 e. The van der Waals surface area contributed by atoms with Gasteiger partial charge in [-0.3, -0.25) is 9.48 Å². The zero-order chi connectivity index (χ0) is 24.4. The van der Waals surface area contributed by atoms with E-state index in [0.717, 1.165) is 12.1 Å². The number of benzene rings is 3. The van der Waals surface area contributed by atoms with Crippen LogP contribution in [-0.4, -0.2) is 25.7 Å². The number of halogens is 3. The van der Waals surface area contributed by atoms with Crippen molar-refractivity contribution in [2.75, 3.05) is 0 Å². The lowest BCUT2D eigenvalue weighted by Gasteiger charge is -2.17. The van der Waals surface area contributed by atoms with Gasteiger partial charge in [0.15, 0.2) is 0 Å². The van der Waals surface area contributed by atoms with E-state index in [1.807, 2.05) is 0 Å². The Morgan fingerprint density at radius 2 is 1.84 bits per heavy atom. The van der Waals surface area contributed by atoms with Crippen molar-refractivity contribution < 1.29 is 25.8 Å². The maximum absolute atomic E-state index is 15.1. The van der Waals surface area contributed by atoms with Gasteiger partial charge in [0.2, 0.25) is 0 Å². The van der Waals surface area contributed by atoms with Crippen LogP contribution in [-0.2, 0) is 26.7 Å². The van der Waals surface area contributed by atoms with Gasteiger partial charge in [-0.2, -0.15) is 5.10 Å². The summed E-state index contributed by atoms with van der Waals surface area (Å²) in [6.07, 6.45) is 1.57. The van der Waals surface area contributed by atoms with Gasteiger partial charge in [-0.15, -0.1) is 0 Å². The second-order valence-electron chi connectivity index (χ2n) is 7.68. The molecule has 0 saturated carbocycles. The van der Waals surface area contributed by atoms with E-state index in [2.05, 4.69) is 5.10 Å². The van der Waals surface area contributed by atoms with Gasteiger partial charge in [-0.25, -0.2) is 13.2 Å². The standard InChI is InChI=1S/C24H18F3N3O2/c1-29-9-18-15(6-5-13(12-31)23(18)28-29)14-7-21(26)19(22(27)8-14)11-30-10-17-16(24(30)32)3-2-4-20(17)25/h2-9,31H,10-12H2,1H3/i12D2. The second kappa shape index (κ2) is 7.49. The maximum Gasteiger partial charge on any atom is 0.254 e. The van der Waals surface area contributed by atoms with Crippen LogP contribution in [0.25, 0.3) is 22.0 Å². The molecule has 1 aliphatic heterocycles. The van der Waals surface area contributed by atoms with Gasteiger partial charge in [0.25, 0.3) is 5.91 Å². The molecule has 8 heteroatoms. The number of nitrogens with zero attached hydrogens (tertiary/aromatic N) is 3. The second-order valence-corrected chi connectivity index (χ2v) is 7.68. The third-order valence-electron chi connectivity index (χ3n) is 5.70. The molecule has 0 atom stereocenters. The fraction of sp³-hybridized carbons (Fsp3) is 0.167. The summed E-state index contributed by atoms with van der Waals surface area (Å²) in [5, 5.41) is 14.4. The molecule has 1 aliphatic rings. The fourth-order valence-corrected chi connectivity index (χ4v) is 4.14. The van der Waals surface area contributed by atoms with Crippen LogP contribution in [0.5, 0.6) is 0 Å². The molecular formula is C24H18F3N3O2. The number of hydrogen-bond acceptors (Lipinski definition) is 3. The lowest BCUT2D eigenvalue weighted by Crippen LogP contribution is -2.24. The van der Waals surface area contributed by atoms with Crippen LogP contribution in [0.3, 0.4) is 0 Å². The van der Waals surface area contributed by atoms with E-state index in [1.54, 1.807) is 13.2 Å². The number of carbonyl (C=O) groups excluding carboxylic acids is 1. The van der Waals surface area contributed by atoms with Crippen LogP contribution in [0.15, 0.2) is 48.7 Å². The van der Waals surface area contributed by atoms with Gasteiger partial charge in [0.05, 0.1) is 27.9 Å². The van der Waals surface area contributed by atoms with Crippen LogP contribution >= 0.6 is 0 Å². The molecule has 0 fully saturated rings. The highest BCUT2D eigenvalue weighted by Gasteiger charge is 2.31. The van der Waals surface area contributed by atoms with E-state index < -0.39 is 29.9 Å². The summed E-state index contributed by atoms with van der Waals surface area (Å²) in [5.74, 6) is -2.79. The molecule has 0 aliphatic carbocycles. The predicted molar refractivity (Wildman–Crippen MR) is 112 cm³/mol. The molecule has 0 radical (unpaired) electrons. The largest absolute Gasteiger partial charge is 0.392 e. The molecule has 0 spiro atoms. The lowest BCUT2D eigenvalue weighted by molar-refractivity contribution is 0.0763. The van der Waals surface area contributed by atoms with Crippen molar-refractivity contribution in [2.24, 2.45) is 7.05 Å². The summed E-state index contributed by atoms with van der Waals surface area (Å²) < 4.78 is 60.9. The minimum absolute atomic E-state index is 0.0660. The van der Waals surface area contributed by atoms with E-state index in [-0.39, 0.29) is 46.4 Å². The van der Waals surface area contributed by atoms with Gasteiger partial charge < -0.3 is 10.0 Å². The highest BCUT2D eigenvalue weighted by Crippen LogP contribution is 2.33.